The van der Waals surface area contributed by atoms with Crippen LogP contribution in [-0.2, 0) is 23.9 Å². The van der Waals surface area contributed by atoms with E-state index in [1.807, 2.05) is 6.92 Å². The van der Waals surface area contributed by atoms with Crippen molar-refractivity contribution in [3.8, 4) is 0 Å². The van der Waals surface area contributed by atoms with Crippen LogP contribution in [0.1, 0.15) is 32.6 Å². The van der Waals surface area contributed by atoms with E-state index < -0.39 is 6.04 Å². The largest absolute Gasteiger partial charge is 0.375 e. The van der Waals surface area contributed by atoms with Crippen molar-refractivity contribution >= 4 is 17.7 Å². The third kappa shape index (κ3) is 11.5. The van der Waals surface area contributed by atoms with Gasteiger partial charge in [0.25, 0.3) is 0 Å². The van der Waals surface area contributed by atoms with Gasteiger partial charge in [-0.25, -0.2) is 0 Å². The normalized spacial score (nSPS) is 11.6. The maximum Gasteiger partial charge on any atom is 0.246 e. The highest BCUT2D eigenvalue weighted by Gasteiger charge is 2.19. The van der Waals surface area contributed by atoms with Crippen LogP contribution in [0.2, 0.25) is 0 Å². The summed E-state index contributed by atoms with van der Waals surface area (Å²) in [5.74, 6) is -0.685. The highest BCUT2D eigenvalue weighted by Crippen LogP contribution is 2.01. The van der Waals surface area contributed by atoms with Gasteiger partial charge in [0.15, 0.2) is 0 Å². The van der Waals surface area contributed by atoms with Gasteiger partial charge in [-0.2, -0.15) is 0 Å². The second-order valence-corrected chi connectivity index (χ2v) is 5.12. The van der Waals surface area contributed by atoms with E-state index in [1.54, 1.807) is 0 Å². The maximum absolute atomic E-state index is 12.0. The van der Waals surface area contributed by atoms with Crippen molar-refractivity contribution in [2.45, 2.75) is 38.6 Å². The zero-order valence-corrected chi connectivity index (χ0v) is 14.3. The molecule has 0 spiro atoms. The summed E-state index contributed by atoms with van der Waals surface area (Å²) >= 11 is 0. The number of amides is 3. The van der Waals surface area contributed by atoms with E-state index in [0.29, 0.717) is 32.4 Å². The fourth-order valence-electron chi connectivity index (χ4n) is 1.89. The van der Waals surface area contributed by atoms with Gasteiger partial charge in [-0.1, -0.05) is 6.92 Å². The summed E-state index contributed by atoms with van der Waals surface area (Å²) < 4.78 is 9.46. The predicted molar refractivity (Wildman–Crippen MR) is 85.8 cm³/mol. The SMILES string of the molecule is CCCNC(=O)C(CCCCNC(=O)COC)NC(=O)COC. The Morgan fingerprint density at radius 2 is 1.57 bits per heavy atom. The lowest BCUT2D eigenvalue weighted by Gasteiger charge is -2.18. The Balaban J connectivity index is 4.16. The standard InChI is InChI=1S/C15H29N3O5/c1-4-8-17-15(21)12(18-14(20)11-23-3)7-5-6-9-16-13(19)10-22-2/h12H,4-11H2,1-3H3,(H,16,19)(H,17,21)(H,18,20). The number of hydrogen-bond donors (Lipinski definition) is 3. The van der Waals surface area contributed by atoms with Crippen LogP contribution in [0.15, 0.2) is 0 Å². The first-order valence-corrected chi connectivity index (χ1v) is 7.86. The van der Waals surface area contributed by atoms with E-state index in [9.17, 15) is 14.4 Å². The van der Waals surface area contributed by atoms with Crippen LogP contribution in [0.3, 0.4) is 0 Å². The topological polar surface area (TPSA) is 106 Å². The Morgan fingerprint density at radius 3 is 2.17 bits per heavy atom. The Kier molecular flexibility index (Phi) is 12.9. The quantitative estimate of drug-likeness (QED) is 0.397. The molecule has 0 aliphatic rings. The van der Waals surface area contributed by atoms with Gasteiger partial charge in [0.1, 0.15) is 19.3 Å². The second kappa shape index (κ2) is 14.0. The van der Waals surface area contributed by atoms with Crippen LogP contribution in [0.25, 0.3) is 0 Å². The van der Waals surface area contributed by atoms with E-state index in [-0.39, 0.29) is 30.9 Å². The monoisotopic (exact) mass is 331 g/mol. The van der Waals surface area contributed by atoms with Crippen LogP contribution in [0, 0.1) is 0 Å². The van der Waals surface area contributed by atoms with Gasteiger partial charge >= 0.3 is 0 Å². The van der Waals surface area contributed by atoms with Crippen LogP contribution >= 0.6 is 0 Å². The zero-order valence-electron chi connectivity index (χ0n) is 14.3. The number of hydrogen-bond acceptors (Lipinski definition) is 5. The van der Waals surface area contributed by atoms with Gasteiger partial charge in [-0.15, -0.1) is 0 Å². The summed E-state index contributed by atoms with van der Waals surface area (Å²) in [7, 11) is 2.89. The van der Waals surface area contributed by atoms with Gasteiger partial charge < -0.3 is 25.4 Å². The van der Waals surface area contributed by atoms with E-state index in [4.69, 9.17) is 9.47 Å². The van der Waals surface area contributed by atoms with E-state index >= 15 is 0 Å². The van der Waals surface area contributed by atoms with E-state index in [0.717, 1.165) is 6.42 Å². The summed E-state index contributed by atoms with van der Waals surface area (Å²) in [6, 6.07) is -0.584. The number of rotatable bonds is 13. The second-order valence-electron chi connectivity index (χ2n) is 5.12. The van der Waals surface area contributed by atoms with E-state index in [1.165, 1.54) is 14.2 Å². The summed E-state index contributed by atoms with van der Waals surface area (Å²) in [6.07, 6.45) is 2.75. The molecule has 0 heterocycles. The minimum Gasteiger partial charge on any atom is -0.375 e. The molecule has 0 fully saturated rings. The smallest absolute Gasteiger partial charge is 0.246 e. The fraction of sp³-hybridized carbons (Fsp3) is 0.800. The zero-order chi connectivity index (χ0) is 17.5. The molecule has 0 saturated carbocycles. The van der Waals surface area contributed by atoms with Crippen molar-refractivity contribution in [1.29, 1.82) is 0 Å². The summed E-state index contributed by atoms with van der Waals surface area (Å²) in [5, 5.41) is 8.15. The predicted octanol–water partition coefficient (Wildman–Crippen LogP) is -0.423. The Bertz CT molecular complexity index is 363. The average Bonchev–Trinajstić information content (AvgIpc) is 2.51. The molecule has 0 saturated heterocycles. The van der Waals surface area contributed by atoms with E-state index in [2.05, 4.69) is 16.0 Å². The van der Waals surface area contributed by atoms with Gasteiger partial charge in [0.05, 0.1) is 0 Å². The molecule has 0 aromatic heterocycles. The van der Waals surface area contributed by atoms with Gasteiger partial charge in [0.2, 0.25) is 17.7 Å². The van der Waals surface area contributed by atoms with Crippen LogP contribution in [-0.4, -0.2) is 64.3 Å². The van der Waals surface area contributed by atoms with Gasteiger partial charge in [-0.05, 0) is 25.7 Å². The summed E-state index contributed by atoms with van der Waals surface area (Å²) in [4.78, 5) is 34.9. The molecule has 8 heteroatoms. The number of unbranched alkanes of at least 4 members (excludes halogenated alkanes) is 1. The maximum atomic E-state index is 12.0. The lowest BCUT2D eigenvalue weighted by molar-refractivity contribution is -0.131. The lowest BCUT2D eigenvalue weighted by atomic mass is 10.1. The highest BCUT2D eigenvalue weighted by atomic mass is 16.5. The molecule has 0 aromatic rings. The molecule has 3 amide bonds. The first-order chi connectivity index (χ1) is 11.0. The Labute approximate surface area is 137 Å². The molecule has 0 aliphatic carbocycles. The molecule has 0 rings (SSSR count). The van der Waals surface area contributed by atoms with Gasteiger partial charge in [-0.3, -0.25) is 14.4 Å². The van der Waals surface area contributed by atoms with Crippen molar-refractivity contribution in [2.24, 2.45) is 0 Å². The molecular formula is C15H29N3O5. The fourth-order valence-corrected chi connectivity index (χ4v) is 1.89. The Morgan fingerprint density at radius 1 is 0.913 bits per heavy atom. The van der Waals surface area contributed by atoms with Crippen molar-refractivity contribution in [2.75, 3.05) is 40.5 Å². The number of methoxy groups -OCH3 is 2. The minimum absolute atomic E-state index is 0.0368. The van der Waals surface area contributed by atoms with Gasteiger partial charge in [0, 0.05) is 27.3 Å². The van der Waals surface area contributed by atoms with Crippen LogP contribution in [0.5, 0.6) is 0 Å². The third-order valence-corrected chi connectivity index (χ3v) is 2.99. The summed E-state index contributed by atoms with van der Waals surface area (Å²) in [5.41, 5.74) is 0. The number of carbonyl (C=O) groups is 3. The van der Waals surface area contributed by atoms with Crippen molar-refractivity contribution in [1.82, 2.24) is 16.0 Å². The lowest BCUT2D eigenvalue weighted by Crippen LogP contribution is -2.47. The number of ether oxygens (including phenoxy) is 2. The first-order valence-electron chi connectivity index (χ1n) is 7.86. The number of carbonyl (C=O) groups excluding carboxylic acids is 3. The van der Waals surface area contributed by atoms with Crippen molar-refractivity contribution in [3.63, 3.8) is 0 Å². The van der Waals surface area contributed by atoms with Crippen molar-refractivity contribution < 1.29 is 23.9 Å². The van der Waals surface area contributed by atoms with Crippen LogP contribution < -0.4 is 16.0 Å². The molecule has 134 valence electrons. The molecule has 0 radical (unpaired) electrons. The summed E-state index contributed by atoms with van der Waals surface area (Å²) in [6.45, 7) is 3.00. The molecule has 23 heavy (non-hydrogen) atoms. The molecule has 3 N–H and O–H groups in total. The van der Waals surface area contributed by atoms with Crippen molar-refractivity contribution in [3.05, 3.63) is 0 Å². The molecule has 0 aliphatic heterocycles. The highest BCUT2D eigenvalue weighted by molar-refractivity contribution is 5.87. The molecule has 1 atom stereocenters. The molecule has 0 aromatic carbocycles. The molecular weight excluding hydrogens is 302 g/mol. The first kappa shape index (κ1) is 21.3. The number of nitrogens with one attached hydrogen (secondary N) is 3. The molecule has 1 unspecified atom stereocenters. The molecule has 0 bridgehead atoms. The third-order valence-electron chi connectivity index (χ3n) is 2.99. The minimum atomic E-state index is -0.584. The van der Waals surface area contributed by atoms with Crippen LogP contribution in [0.4, 0.5) is 0 Å². The Hall–Kier alpha value is -1.67. The molecule has 8 nitrogen and oxygen atoms in total. The average molecular weight is 331 g/mol.